The molecule has 5 heteroatoms. The Morgan fingerprint density at radius 3 is 2.23 bits per heavy atom. The summed E-state index contributed by atoms with van der Waals surface area (Å²) in [5.74, 6) is 3.02. The van der Waals surface area contributed by atoms with Crippen LogP contribution in [0.3, 0.4) is 0 Å². The number of fused-ring (bicyclic) bond motifs is 2. The zero-order valence-electron chi connectivity index (χ0n) is 18.6. The Bertz CT molecular complexity index is 1120. The third-order valence-electron chi connectivity index (χ3n) is 6.89. The quantitative estimate of drug-likeness (QED) is 0.736. The van der Waals surface area contributed by atoms with Gasteiger partial charge in [0.25, 0.3) is 0 Å². The first-order valence-electron chi connectivity index (χ1n) is 10.0. The molecule has 0 N–H and O–H groups in total. The molecule has 0 fully saturated rings. The molecule has 0 saturated heterocycles. The Kier molecular flexibility index (Phi) is 4.60. The van der Waals surface area contributed by atoms with Crippen molar-refractivity contribution in [3.63, 3.8) is 0 Å². The van der Waals surface area contributed by atoms with Gasteiger partial charge < -0.3 is 18.9 Å². The number of allylic oxidation sites excluding steroid dienone is 3. The molecule has 158 valence electrons. The van der Waals surface area contributed by atoms with Gasteiger partial charge in [-0.25, -0.2) is 0 Å². The Labute approximate surface area is 177 Å². The first kappa shape index (κ1) is 20.3. The van der Waals surface area contributed by atoms with Crippen molar-refractivity contribution in [3.8, 4) is 17.2 Å². The van der Waals surface area contributed by atoms with Crippen molar-refractivity contribution in [3.05, 3.63) is 52.8 Å². The number of hydrogen-bond acceptors (Lipinski definition) is 5. The van der Waals surface area contributed by atoms with Crippen molar-refractivity contribution in [2.75, 3.05) is 28.4 Å². The monoisotopic (exact) mass is 408 g/mol. The molecule has 0 saturated carbocycles. The number of rotatable bonds is 4. The summed E-state index contributed by atoms with van der Waals surface area (Å²) in [5.41, 5.74) is 2.29. The minimum absolute atomic E-state index is 0.0612. The van der Waals surface area contributed by atoms with E-state index in [1.54, 1.807) is 40.6 Å². The minimum atomic E-state index is -0.506. The Hall–Kier alpha value is -2.95. The van der Waals surface area contributed by atoms with Gasteiger partial charge in [0, 0.05) is 33.4 Å². The van der Waals surface area contributed by atoms with E-state index in [0.717, 1.165) is 44.7 Å². The predicted molar refractivity (Wildman–Crippen MR) is 117 cm³/mol. The molecule has 1 unspecified atom stereocenters. The lowest BCUT2D eigenvalue weighted by molar-refractivity contribution is -0.111. The number of ether oxygens (including phenoxy) is 4. The maximum absolute atomic E-state index is 12.1. The third kappa shape index (κ3) is 2.44. The van der Waals surface area contributed by atoms with Gasteiger partial charge in [0.05, 0.1) is 33.9 Å². The van der Waals surface area contributed by atoms with Crippen molar-refractivity contribution in [1.82, 2.24) is 0 Å². The van der Waals surface area contributed by atoms with Crippen LogP contribution in [0, 0.1) is 12.3 Å². The Morgan fingerprint density at radius 1 is 0.933 bits per heavy atom. The summed E-state index contributed by atoms with van der Waals surface area (Å²) < 4.78 is 23.3. The summed E-state index contributed by atoms with van der Waals surface area (Å²) in [6.07, 6.45) is 5.88. The van der Waals surface area contributed by atoms with Gasteiger partial charge >= 0.3 is 0 Å². The van der Waals surface area contributed by atoms with Crippen LogP contribution in [0.15, 0.2) is 36.1 Å². The number of carbonyl (C=O) groups is 1. The lowest BCUT2D eigenvalue weighted by Crippen LogP contribution is -2.40. The number of aryl methyl sites for hydroxylation is 1. The summed E-state index contributed by atoms with van der Waals surface area (Å²) in [7, 11) is 6.69. The molecule has 2 aromatic rings. The fourth-order valence-corrected chi connectivity index (χ4v) is 5.39. The van der Waals surface area contributed by atoms with Crippen LogP contribution in [0.25, 0.3) is 10.8 Å². The lowest BCUT2D eigenvalue weighted by Gasteiger charge is -2.42. The molecular formula is C25H28O5. The average Bonchev–Trinajstić information content (AvgIpc) is 2.95. The lowest BCUT2D eigenvalue weighted by atomic mass is 9.63. The largest absolute Gasteiger partial charge is 0.500 e. The van der Waals surface area contributed by atoms with E-state index < -0.39 is 10.8 Å². The highest BCUT2D eigenvalue weighted by molar-refractivity contribution is 6.02. The summed E-state index contributed by atoms with van der Waals surface area (Å²) in [4.78, 5) is 12.1. The van der Waals surface area contributed by atoms with Crippen LogP contribution < -0.4 is 14.2 Å². The second kappa shape index (κ2) is 6.79. The van der Waals surface area contributed by atoms with E-state index in [4.69, 9.17) is 18.9 Å². The van der Waals surface area contributed by atoms with Crippen LogP contribution >= 0.6 is 0 Å². The van der Waals surface area contributed by atoms with Crippen molar-refractivity contribution >= 4 is 16.6 Å². The van der Waals surface area contributed by atoms with Gasteiger partial charge in [-0.1, -0.05) is 19.9 Å². The molecule has 1 atom stereocenters. The van der Waals surface area contributed by atoms with Gasteiger partial charge in [0.1, 0.15) is 23.0 Å². The zero-order chi connectivity index (χ0) is 21.8. The van der Waals surface area contributed by atoms with E-state index in [2.05, 4.69) is 20.8 Å². The maximum Gasteiger partial charge on any atom is 0.181 e. The number of benzene rings is 2. The topological polar surface area (TPSA) is 54.0 Å². The predicted octanol–water partition coefficient (Wildman–Crippen LogP) is 4.66. The summed E-state index contributed by atoms with van der Waals surface area (Å²) in [6.45, 7) is 6.40. The molecule has 0 aliphatic heterocycles. The highest BCUT2D eigenvalue weighted by Crippen LogP contribution is 2.63. The van der Waals surface area contributed by atoms with Crippen molar-refractivity contribution < 1.29 is 23.7 Å². The standard InChI is InChI=1S/C25H28O5/c1-14-10-16(27-4)12-17-20(14)22(29-6)18-13-25(9-8-15(26)11-19(25)28-5)24(2,3)21(18)23(17)30-7/h8-12H,13H2,1-7H3. The molecule has 2 aliphatic rings. The van der Waals surface area contributed by atoms with Crippen LogP contribution in [-0.2, 0) is 21.4 Å². The number of carbonyl (C=O) groups excluding carboxylic acids is 1. The molecule has 2 aromatic carbocycles. The fraction of sp³-hybridized carbons (Fsp3) is 0.400. The minimum Gasteiger partial charge on any atom is -0.500 e. The highest BCUT2D eigenvalue weighted by Gasteiger charge is 2.57. The smallest absolute Gasteiger partial charge is 0.181 e. The van der Waals surface area contributed by atoms with E-state index in [-0.39, 0.29) is 5.78 Å². The third-order valence-corrected chi connectivity index (χ3v) is 6.89. The van der Waals surface area contributed by atoms with E-state index in [1.165, 1.54) is 0 Å². The van der Waals surface area contributed by atoms with Gasteiger partial charge in [-0.15, -0.1) is 0 Å². The van der Waals surface area contributed by atoms with Gasteiger partial charge in [-0.3, -0.25) is 4.79 Å². The number of ketones is 1. The SMILES string of the molecule is COC1=CC(=O)C=CC12Cc1c(c(OC)c3cc(OC)cc(C)c3c1OC)C2(C)C. The maximum atomic E-state index is 12.1. The van der Waals surface area contributed by atoms with Crippen molar-refractivity contribution in [2.45, 2.75) is 32.6 Å². The first-order valence-corrected chi connectivity index (χ1v) is 10.0. The zero-order valence-corrected chi connectivity index (χ0v) is 18.6. The van der Waals surface area contributed by atoms with E-state index in [1.807, 2.05) is 18.2 Å². The Balaban J connectivity index is 2.14. The fourth-order valence-electron chi connectivity index (χ4n) is 5.39. The first-order chi connectivity index (χ1) is 14.2. The molecule has 30 heavy (non-hydrogen) atoms. The Morgan fingerprint density at radius 2 is 1.63 bits per heavy atom. The normalized spacial score (nSPS) is 21.6. The van der Waals surface area contributed by atoms with Crippen LogP contribution in [0.1, 0.15) is 30.5 Å². The highest BCUT2D eigenvalue weighted by atomic mass is 16.5. The second-order valence-corrected chi connectivity index (χ2v) is 8.51. The molecule has 0 amide bonds. The summed E-state index contributed by atoms with van der Waals surface area (Å²) in [6, 6.07) is 4.00. The summed E-state index contributed by atoms with van der Waals surface area (Å²) >= 11 is 0. The van der Waals surface area contributed by atoms with Crippen LogP contribution in [0.5, 0.6) is 17.2 Å². The van der Waals surface area contributed by atoms with Crippen LogP contribution in [0.2, 0.25) is 0 Å². The average molecular weight is 408 g/mol. The van der Waals surface area contributed by atoms with Crippen molar-refractivity contribution in [2.24, 2.45) is 5.41 Å². The molecule has 0 bridgehead atoms. The number of methoxy groups -OCH3 is 4. The van der Waals surface area contributed by atoms with Crippen molar-refractivity contribution in [1.29, 1.82) is 0 Å². The molecule has 0 aromatic heterocycles. The molecule has 1 spiro atoms. The molecule has 4 rings (SSSR count). The van der Waals surface area contributed by atoms with Gasteiger partial charge in [0.2, 0.25) is 0 Å². The molecular weight excluding hydrogens is 380 g/mol. The molecule has 0 radical (unpaired) electrons. The molecule has 5 nitrogen and oxygen atoms in total. The van der Waals surface area contributed by atoms with Crippen LogP contribution in [0.4, 0.5) is 0 Å². The van der Waals surface area contributed by atoms with E-state index in [9.17, 15) is 4.79 Å². The number of hydrogen-bond donors (Lipinski definition) is 0. The van der Waals surface area contributed by atoms with Gasteiger partial charge in [-0.05, 0) is 37.1 Å². The van der Waals surface area contributed by atoms with E-state index in [0.29, 0.717) is 12.2 Å². The van der Waals surface area contributed by atoms with Crippen LogP contribution in [-0.4, -0.2) is 34.2 Å². The van der Waals surface area contributed by atoms with Gasteiger partial charge in [-0.2, -0.15) is 0 Å². The second-order valence-electron chi connectivity index (χ2n) is 8.51. The van der Waals surface area contributed by atoms with E-state index >= 15 is 0 Å². The summed E-state index contributed by atoms with van der Waals surface area (Å²) in [5, 5.41) is 1.97. The molecule has 0 heterocycles. The molecule has 2 aliphatic carbocycles. The van der Waals surface area contributed by atoms with Gasteiger partial charge in [0.15, 0.2) is 5.78 Å².